The lowest BCUT2D eigenvalue weighted by molar-refractivity contribution is 0.0646. The van der Waals surface area contributed by atoms with E-state index in [2.05, 4.69) is 11.1 Å². The van der Waals surface area contributed by atoms with Crippen molar-refractivity contribution in [3.05, 3.63) is 75.7 Å². The monoisotopic (exact) mass is 561 g/mol. The molecule has 0 spiro atoms. The normalized spacial score (nSPS) is 12.2. The van der Waals surface area contributed by atoms with Crippen LogP contribution in [0.4, 0.5) is 0 Å². The predicted molar refractivity (Wildman–Crippen MR) is 150 cm³/mol. The van der Waals surface area contributed by atoms with Crippen LogP contribution in [0.2, 0.25) is 10.0 Å². The molecule has 0 atom stereocenters. The van der Waals surface area contributed by atoms with E-state index in [0.29, 0.717) is 60.7 Å². The Balaban J connectivity index is 1.80. The summed E-state index contributed by atoms with van der Waals surface area (Å²) in [6, 6.07) is 12.7. The summed E-state index contributed by atoms with van der Waals surface area (Å²) in [7, 11) is 3.32. The highest BCUT2D eigenvalue weighted by Crippen LogP contribution is 2.46. The molecule has 0 unspecified atom stereocenters. The minimum atomic E-state index is -0.431. The Bertz CT molecular complexity index is 1650. The Morgan fingerprint density at radius 1 is 1.10 bits per heavy atom. The van der Waals surface area contributed by atoms with Gasteiger partial charge in [-0.3, -0.25) is 9.78 Å². The van der Waals surface area contributed by atoms with Gasteiger partial charge in [0.15, 0.2) is 5.69 Å². The first-order valence-corrected chi connectivity index (χ1v) is 12.8. The maximum atomic E-state index is 13.7. The van der Waals surface area contributed by atoms with E-state index < -0.39 is 5.54 Å². The van der Waals surface area contributed by atoms with Crippen molar-refractivity contribution in [2.75, 3.05) is 14.2 Å². The molecule has 0 saturated carbocycles. The highest BCUT2D eigenvalue weighted by molar-refractivity contribution is 6.34. The third kappa shape index (κ3) is 4.80. The molecule has 1 aliphatic heterocycles. The van der Waals surface area contributed by atoms with Gasteiger partial charge in [-0.2, -0.15) is 10.4 Å². The largest absolute Gasteiger partial charge is 0.496 e. The summed E-state index contributed by atoms with van der Waals surface area (Å²) >= 11 is 12.7. The fraction of sp³-hybridized carbons (Fsp3) is 0.241. The average Bonchev–Trinajstić information content (AvgIpc) is 3.30. The summed E-state index contributed by atoms with van der Waals surface area (Å²) in [6.07, 6.45) is 3.16. The van der Waals surface area contributed by atoms with Gasteiger partial charge in [-0.25, -0.2) is 4.68 Å². The van der Waals surface area contributed by atoms with Crippen molar-refractivity contribution in [2.24, 2.45) is 0 Å². The lowest BCUT2D eigenvalue weighted by Crippen LogP contribution is -2.43. The number of methoxy groups -OCH3 is 1. The van der Waals surface area contributed by atoms with Gasteiger partial charge in [-0.1, -0.05) is 23.2 Å². The second kappa shape index (κ2) is 9.92. The van der Waals surface area contributed by atoms with E-state index in [0.717, 1.165) is 0 Å². The number of ether oxygens (including phenoxy) is 2. The number of benzene rings is 2. The molecule has 0 saturated heterocycles. The van der Waals surface area contributed by atoms with Gasteiger partial charge in [0, 0.05) is 63.3 Å². The minimum absolute atomic E-state index is 0.129. The highest BCUT2D eigenvalue weighted by atomic mass is 35.5. The number of aromatic nitrogens is 3. The van der Waals surface area contributed by atoms with Crippen LogP contribution in [0.3, 0.4) is 0 Å². The first-order valence-electron chi connectivity index (χ1n) is 12.1. The number of nitrogens with zero attached hydrogens (tertiary/aromatic N) is 5. The number of hydrogen-bond donors (Lipinski definition) is 0. The first-order chi connectivity index (χ1) is 18.5. The summed E-state index contributed by atoms with van der Waals surface area (Å²) in [5.41, 5.74) is 4.26. The van der Waals surface area contributed by atoms with Crippen molar-refractivity contribution in [2.45, 2.75) is 32.9 Å². The van der Waals surface area contributed by atoms with Crippen LogP contribution >= 0.6 is 23.2 Å². The van der Waals surface area contributed by atoms with E-state index in [1.165, 1.54) is 6.20 Å². The van der Waals surface area contributed by atoms with Gasteiger partial charge < -0.3 is 14.4 Å². The third-order valence-electron chi connectivity index (χ3n) is 6.70. The standard InChI is InChI=1S/C29H25Cl2N5O3/c1-29(2,3)35(4)28(37)26-23-15-39-25-11-24(38-5)21(17-6-16(12-32)13-33-14-17)10-22(25)27(23)36(34-26)20-8-18(30)7-19(31)9-20/h6-11,13-14H,15H2,1-5H3. The minimum Gasteiger partial charge on any atom is -0.496 e. The van der Waals surface area contributed by atoms with Crippen LogP contribution in [-0.2, 0) is 6.61 Å². The molecule has 0 N–H and O–H groups in total. The van der Waals surface area contributed by atoms with E-state index in [4.69, 9.17) is 37.8 Å². The van der Waals surface area contributed by atoms with Crippen molar-refractivity contribution in [1.82, 2.24) is 19.7 Å². The van der Waals surface area contributed by atoms with Crippen LogP contribution in [-0.4, -0.2) is 45.3 Å². The molecule has 0 bridgehead atoms. The van der Waals surface area contributed by atoms with Gasteiger partial charge in [0.1, 0.15) is 24.2 Å². The van der Waals surface area contributed by atoms with Crippen molar-refractivity contribution in [3.8, 4) is 45.6 Å². The Morgan fingerprint density at radius 3 is 2.46 bits per heavy atom. The zero-order valence-corrected chi connectivity index (χ0v) is 23.6. The lowest BCUT2D eigenvalue weighted by atomic mass is 9.95. The Hall–Kier alpha value is -4.06. The zero-order chi connectivity index (χ0) is 28.1. The Morgan fingerprint density at radius 2 is 1.82 bits per heavy atom. The fourth-order valence-corrected chi connectivity index (χ4v) is 4.92. The summed E-state index contributed by atoms with van der Waals surface area (Å²) in [4.78, 5) is 19.6. The SMILES string of the molecule is COc1cc2c(cc1-c1cncc(C#N)c1)-c1c(c(C(=O)N(C)C(C)(C)C)nn1-c1cc(Cl)cc(Cl)c1)CO2. The van der Waals surface area contributed by atoms with Crippen molar-refractivity contribution in [3.63, 3.8) is 0 Å². The van der Waals surface area contributed by atoms with E-state index in [1.54, 1.807) is 60.3 Å². The van der Waals surface area contributed by atoms with E-state index in [-0.39, 0.29) is 18.2 Å². The second-order valence-corrected chi connectivity index (χ2v) is 11.0. The number of pyridine rings is 1. The van der Waals surface area contributed by atoms with Crippen LogP contribution in [0, 0.1) is 11.3 Å². The average molecular weight is 562 g/mol. The van der Waals surface area contributed by atoms with E-state index in [1.807, 2.05) is 26.8 Å². The maximum Gasteiger partial charge on any atom is 0.274 e. The van der Waals surface area contributed by atoms with Crippen LogP contribution in [0.1, 0.15) is 42.4 Å². The van der Waals surface area contributed by atoms with Crippen LogP contribution in [0.15, 0.2) is 48.8 Å². The van der Waals surface area contributed by atoms with Crippen LogP contribution in [0.25, 0.3) is 28.1 Å². The van der Waals surface area contributed by atoms with Gasteiger partial charge >= 0.3 is 0 Å². The molecule has 0 fully saturated rings. The third-order valence-corrected chi connectivity index (χ3v) is 7.13. The number of carbonyl (C=O) groups excluding carboxylic acids is 1. The molecule has 4 aromatic rings. The van der Waals surface area contributed by atoms with E-state index >= 15 is 0 Å². The molecule has 1 aliphatic rings. The zero-order valence-electron chi connectivity index (χ0n) is 22.0. The van der Waals surface area contributed by atoms with Crippen LogP contribution in [0.5, 0.6) is 11.5 Å². The summed E-state index contributed by atoms with van der Waals surface area (Å²) < 4.78 is 13.5. The Labute approximate surface area is 236 Å². The molecule has 2 aromatic heterocycles. The fourth-order valence-electron chi connectivity index (χ4n) is 4.41. The summed E-state index contributed by atoms with van der Waals surface area (Å²) in [5.74, 6) is 0.872. The number of carbonyl (C=O) groups is 1. The number of fused-ring (bicyclic) bond motifs is 3. The smallest absolute Gasteiger partial charge is 0.274 e. The van der Waals surface area contributed by atoms with Gasteiger partial charge in [-0.15, -0.1) is 0 Å². The molecule has 10 heteroatoms. The van der Waals surface area contributed by atoms with Crippen LogP contribution < -0.4 is 9.47 Å². The van der Waals surface area contributed by atoms with E-state index in [9.17, 15) is 10.1 Å². The molecule has 39 heavy (non-hydrogen) atoms. The number of hydrogen-bond acceptors (Lipinski definition) is 6. The first kappa shape index (κ1) is 26.5. The number of halogens is 2. The van der Waals surface area contributed by atoms with Gasteiger partial charge in [0.25, 0.3) is 5.91 Å². The number of nitriles is 1. The van der Waals surface area contributed by atoms with Gasteiger partial charge in [0.05, 0.1) is 24.1 Å². The number of amides is 1. The van der Waals surface area contributed by atoms with Crippen molar-refractivity contribution >= 4 is 29.1 Å². The summed E-state index contributed by atoms with van der Waals surface area (Å²) in [6.45, 7) is 6.00. The molecule has 198 valence electrons. The Kier molecular flexibility index (Phi) is 6.75. The molecule has 2 aromatic carbocycles. The molecule has 0 radical (unpaired) electrons. The molecule has 5 rings (SSSR count). The molecular formula is C29H25Cl2N5O3. The molecule has 1 amide bonds. The quantitative estimate of drug-likeness (QED) is 0.280. The highest BCUT2D eigenvalue weighted by Gasteiger charge is 2.34. The molecular weight excluding hydrogens is 537 g/mol. The topological polar surface area (TPSA) is 93.3 Å². The summed E-state index contributed by atoms with van der Waals surface area (Å²) in [5, 5.41) is 15.1. The predicted octanol–water partition coefficient (Wildman–Crippen LogP) is 6.55. The maximum absolute atomic E-state index is 13.7. The molecule has 8 nitrogen and oxygen atoms in total. The van der Waals surface area contributed by atoms with Gasteiger partial charge in [-0.05, 0) is 51.1 Å². The second-order valence-electron chi connectivity index (χ2n) is 10.2. The van der Waals surface area contributed by atoms with Crippen molar-refractivity contribution < 1.29 is 14.3 Å². The lowest BCUT2D eigenvalue weighted by Gasteiger charge is -2.31. The molecule has 0 aliphatic carbocycles. The van der Waals surface area contributed by atoms with Gasteiger partial charge in [0.2, 0.25) is 0 Å². The number of rotatable bonds is 4. The molecule has 3 heterocycles. The van der Waals surface area contributed by atoms with Crippen molar-refractivity contribution in [1.29, 1.82) is 5.26 Å².